The molecule has 188 valence electrons. The summed E-state index contributed by atoms with van der Waals surface area (Å²) < 4.78 is 6.11. The van der Waals surface area contributed by atoms with E-state index in [0.717, 1.165) is 30.5 Å². The first-order valence-electron chi connectivity index (χ1n) is 13.3. The van der Waals surface area contributed by atoms with E-state index < -0.39 is 5.97 Å². The van der Waals surface area contributed by atoms with Crippen LogP contribution in [0.4, 0.5) is 0 Å². The van der Waals surface area contributed by atoms with Crippen LogP contribution in [0.1, 0.15) is 98.3 Å². The minimum atomic E-state index is -0.699. The highest BCUT2D eigenvalue weighted by molar-refractivity contribution is 5.92. The average molecular weight is 477 g/mol. The fourth-order valence-electron chi connectivity index (χ4n) is 5.66. The van der Waals surface area contributed by atoms with Gasteiger partial charge < -0.3 is 9.84 Å². The Morgan fingerprint density at radius 1 is 1.03 bits per heavy atom. The maximum atomic E-state index is 11.1. The predicted molar refractivity (Wildman–Crippen MR) is 140 cm³/mol. The summed E-state index contributed by atoms with van der Waals surface area (Å²) in [4.78, 5) is 13.3. The molecule has 4 rings (SSSR count). The Labute approximate surface area is 210 Å². The van der Waals surface area contributed by atoms with Gasteiger partial charge in [0.15, 0.2) is 0 Å². The zero-order chi connectivity index (χ0) is 24.9. The zero-order valence-corrected chi connectivity index (χ0v) is 21.5. The molecule has 1 aliphatic heterocycles. The van der Waals surface area contributed by atoms with Crippen molar-refractivity contribution in [3.05, 3.63) is 69.8 Å². The Kier molecular flexibility index (Phi) is 8.27. The Morgan fingerprint density at radius 3 is 2.40 bits per heavy atom. The number of nitrogens with one attached hydrogen (secondary N) is 1. The summed E-state index contributed by atoms with van der Waals surface area (Å²) in [6.45, 7) is 8.38. The van der Waals surface area contributed by atoms with E-state index >= 15 is 0 Å². The molecule has 0 radical (unpaired) electrons. The van der Waals surface area contributed by atoms with Gasteiger partial charge in [0.25, 0.3) is 0 Å². The van der Waals surface area contributed by atoms with E-state index in [2.05, 4.69) is 55.1 Å². The number of rotatable bonds is 9. The summed E-state index contributed by atoms with van der Waals surface area (Å²) in [5.41, 5.74) is 7.24. The van der Waals surface area contributed by atoms with Crippen molar-refractivity contribution in [2.45, 2.75) is 84.3 Å². The molecule has 1 aliphatic carbocycles. The van der Waals surface area contributed by atoms with Gasteiger partial charge in [-0.15, -0.1) is 0 Å². The fraction of sp³-hybridized carbons (Fsp3) is 0.533. The van der Waals surface area contributed by atoms with Crippen LogP contribution in [0.3, 0.4) is 0 Å². The van der Waals surface area contributed by atoms with Crippen molar-refractivity contribution in [1.82, 2.24) is 4.90 Å². The number of carboxylic acid groups (broad SMARTS) is 1. The number of aryl methyl sites for hydroxylation is 2. The van der Waals surface area contributed by atoms with Gasteiger partial charge in [-0.3, -0.25) is 15.1 Å². The lowest BCUT2D eigenvalue weighted by molar-refractivity contribution is -0.147. The molecule has 1 saturated carbocycles. The highest BCUT2D eigenvalue weighted by Crippen LogP contribution is 2.35. The van der Waals surface area contributed by atoms with Crippen molar-refractivity contribution < 1.29 is 14.6 Å². The number of carbonyl (C=O) groups is 1. The molecule has 0 amide bonds. The fourth-order valence-corrected chi connectivity index (χ4v) is 5.66. The van der Waals surface area contributed by atoms with Gasteiger partial charge in [-0.1, -0.05) is 57.4 Å². The first-order chi connectivity index (χ1) is 16.9. The minimum Gasteiger partial charge on any atom is -0.481 e. The van der Waals surface area contributed by atoms with Gasteiger partial charge in [0.05, 0.1) is 5.92 Å². The second-order valence-corrected chi connectivity index (χ2v) is 10.3. The summed E-state index contributed by atoms with van der Waals surface area (Å²) >= 11 is 0. The van der Waals surface area contributed by atoms with Crippen LogP contribution in [0.2, 0.25) is 0 Å². The number of ether oxygens (including phenoxy) is 1. The number of carboxylic acids is 1. The molecular formula is C30H40N2O3. The molecule has 5 heteroatoms. The third-order valence-corrected chi connectivity index (χ3v) is 7.91. The molecule has 2 aliphatic rings. The van der Waals surface area contributed by atoms with E-state index in [-0.39, 0.29) is 17.9 Å². The lowest BCUT2D eigenvalue weighted by atomic mass is 9.81. The first kappa shape index (κ1) is 25.4. The van der Waals surface area contributed by atoms with Crippen molar-refractivity contribution in [1.29, 1.82) is 5.41 Å². The normalized spacial score (nSPS) is 18.1. The van der Waals surface area contributed by atoms with Crippen LogP contribution in [0.5, 0.6) is 0 Å². The molecule has 1 unspecified atom stereocenters. The molecule has 1 atom stereocenters. The molecular weight excluding hydrogens is 436 g/mol. The second-order valence-electron chi connectivity index (χ2n) is 10.3. The molecule has 1 saturated heterocycles. The van der Waals surface area contributed by atoms with Gasteiger partial charge in [0.1, 0.15) is 6.10 Å². The molecule has 35 heavy (non-hydrogen) atoms. The van der Waals surface area contributed by atoms with Crippen molar-refractivity contribution >= 4 is 11.9 Å². The SMILES string of the molecule is CCc1cc(C(C)OC(=N)c2ccc(C3CCCCC3)c(CC)c2)ccc1CN1CC(C(=O)O)C1. The quantitative estimate of drug-likeness (QED) is 0.321. The topological polar surface area (TPSA) is 73.6 Å². The molecule has 2 fully saturated rings. The van der Waals surface area contributed by atoms with E-state index in [4.69, 9.17) is 15.3 Å². The highest BCUT2D eigenvalue weighted by atomic mass is 16.5. The van der Waals surface area contributed by atoms with Gasteiger partial charge in [0, 0.05) is 25.2 Å². The van der Waals surface area contributed by atoms with Gasteiger partial charge in [-0.2, -0.15) is 0 Å². The van der Waals surface area contributed by atoms with E-state index in [1.165, 1.54) is 54.4 Å². The molecule has 2 N–H and O–H groups in total. The van der Waals surface area contributed by atoms with Crippen molar-refractivity contribution in [3.63, 3.8) is 0 Å². The number of hydrogen-bond donors (Lipinski definition) is 2. The summed E-state index contributed by atoms with van der Waals surface area (Å²) in [6.07, 6.45) is 8.24. The van der Waals surface area contributed by atoms with Crippen molar-refractivity contribution in [3.8, 4) is 0 Å². The third kappa shape index (κ3) is 5.95. The van der Waals surface area contributed by atoms with Crippen LogP contribution in [-0.4, -0.2) is 35.0 Å². The molecule has 0 spiro atoms. The maximum Gasteiger partial charge on any atom is 0.309 e. The molecule has 2 aromatic rings. The van der Waals surface area contributed by atoms with Gasteiger partial charge >= 0.3 is 5.97 Å². The number of aliphatic carboxylic acids is 1. The van der Waals surface area contributed by atoms with E-state index in [0.29, 0.717) is 19.0 Å². The monoisotopic (exact) mass is 476 g/mol. The summed E-state index contributed by atoms with van der Waals surface area (Å²) in [5, 5.41) is 17.8. The maximum absolute atomic E-state index is 11.1. The Bertz CT molecular complexity index is 1050. The van der Waals surface area contributed by atoms with Gasteiger partial charge in [-0.25, -0.2) is 0 Å². The Balaban J connectivity index is 1.41. The minimum absolute atomic E-state index is 0.217. The van der Waals surface area contributed by atoms with E-state index in [9.17, 15) is 4.79 Å². The number of benzene rings is 2. The van der Waals surface area contributed by atoms with Crippen LogP contribution in [0.25, 0.3) is 0 Å². The van der Waals surface area contributed by atoms with E-state index in [1.807, 2.05) is 6.92 Å². The first-order valence-corrected chi connectivity index (χ1v) is 13.3. The molecule has 0 aromatic heterocycles. The van der Waals surface area contributed by atoms with Crippen LogP contribution in [0, 0.1) is 11.3 Å². The van der Waals surface area contributed by atoms with Crippen LogP contribution < -0.4 is 0 Å². The molecule has 0 bridgehead atoms. The van der Waals surface area contributed by atoms with Gasteiger partial charge in [-0.05, 0) is 78.5 Å². The lowest BCUT2D eigenvalue weighted by Gasteiger charge is -2.37. The van der Waals surface area contributed by atoms with E-state index in [1.54, 1.807) is 0 Å². The summed E-state index contributed by atoms with van der Waals surface area (Å²) in [6, 6.07) is 12.9. The van der Waals surface area contributed by atoms with Crippen LogP contribution in [-0.2, 0) is 28.9 Å². The van der Waals surface area contributed by atoms with Crippen LogP contribution >= 0.6 is 0 Å². The highest BCUT2D eigenvalue weighted by Gasteiger charge is 2.32. The smallest absolute Gasteiger partial charge is 0.309 e. The predicted octanol–water partition coefficient (Wildman–Crippen LogP) is 6.48. The third-order valence-electron chi connectivity index (χ3n) is 7.91. The standard InChI is InChI=1S/C30H40N2O3/c1-4-21-15-24(11-12-26(21)17-32-18-27(19-32)30(33)34)20(3)35-29(31)25-13-14-28(22(5-2)16-25)23-9-7-6-8-10-23/h11-16,20,23,27,31H,4-10,17-19H2,1-3H3,(H,33,34). The molecule has 2 aromatic carbocycles. The van der Waals surface area contributed by atoms with Crippen LogP contribution in [0.15, 0.2) is 36.4 Å². The zero-order valence-electron chi connectivity index (χ0n) is 21.5. The number of hydrogen-bond acceptors (Lipinski definition) is 4. The van der Waals surface area contributed by atoms with Crippen molar-refractivity contribution in [2.24, 2.45) is 5.92 Å². The lowest BCUT2D eigenvalue weighted by Crippen LogP contribution is -2.49. The summed E-state index contributed by atoms with van der Waals surface area (Å²) in [5.74, 6) is -0.0389. The molecule has 1 heterocycles. The van der Waals surface area contributed by atoms with Gasteiger partial charge in [0.2, 0.25) is 5.90 Å². The molecule has 5 nitrogen and oxygen atoms in total. The Morgan fingerprint density at radius 2 is 1.74 bits per heavy atom. The number of nitrogens with zero attached hydrogens (tertiary/aromatic N) is 1. The second kappa shape index (κ2) is 11.4. The Hall–Kier alpha value is -2.66. The average Bonchev–Trinajstić information content (AvgIpc) is 2.85. The van der Waals surface area contributed by atoms with Crippen molar-refractivity contribution in [2.75, 3.05) is 13.1 Å². The summed E-state index contributed by atoms with van der Waals surface area (Å²) in [7, 11) is 0. The number of likely N-dealkylation sites (tertiary alicyclic amines) is 1. The largest absolute Gasteiger partial charge is 0.481 e.